The Labute approximate surface area is 110 Å². The molecule has 0 bridgehead atoms. The van der Waals surface area contributed by atoms with E-state index >= 15 is 0 Å². The Kier molecular flexibility index (Phi) is 3.67. The fourth-order valence-corrected chi connectivity index (χ4v) is 2.92. The number of aryl methyl sites for hydroxylation is 1. The van der Waals surface area contributed by atoms with Crippen molar-refractivity contribution in [3.8, 4) is 10.4 Å². The maximum Gasteiger partial charge on any atom is 0.350 e. The summed E-state index contributed by atoms with van der Waals surface area (Å²) in [5.74, 6) is -0.377. The number of hydrogen-bond acceptors (Lipinski definition) is 4. The predicted molar refractivity (Wildman–Crippen MR) is 74.9 cm³/mol. The molecule has 94 valence electrons. The van der Waals surface area contributed by atoms with Gasteiger partial charge in [0.2, 0.25) is 0 Å². The second kappa shape index (κ2) is 5.23. The summed E-state index contributed by atoms with van der Waals surface area (Å²) in [6, 6.07) is 9.97. The van der Waals surface area contributed by atoms with Gasteiger partial charge in [0.15, 0.2) is 0 Å². The van der Waals surface area contributed by atoms with Crippen LogP contribution in [0.4, 0.5) is 5.69 Å². The van der Waals surface area contributed by atoms with Crippen LogP contribution in [0.3, 0.4) is 0 Å². The largest absolute Gasteiger partial charge is 0.465 e. The van der Waals surface area contributed by atoms with Crippen molar-refractivity contribution in [3.63, 3.8) is 0 Å². The van der Waals surface area contributed by atoms with Gasteiger partial charge in [0.1, 0.15) is 4.88 Å². The highest BCUT2D eigenvalue weighted by molar-refractivity contribution is 7.18. The smallest absolute Gasteiger partial charge is 0.350 e. The van der Waals surface area contributed by atoms with Crippen LogP contribution >= 0.6 is 11.3 Å². The van der Waals surface area contributed by atoms with Gasteiger partial charge in [-0.05, 0) is 23.6 Å². The number of methoxy groups -OCH3 is 1. The molecule has 0 saturated heterocycles. The Morgan fingerprint density at radius 2 is 2.11 bits per heavy atom. The summed E-state index contributed by atoms with van der Waals surface area (Å²) < 4.78 is 4.71. The SMILES string of the molecule is CCc1ccccc1-c1cc(N)c(C(=O)OC)s1. The average molecular weight is 261 g/mol. The lowest BCUT2D eigenvalue weighted by molar-refractivity contribution is 0.0607. The van der Waals surface area contributed by atoms with E-state index in [9.17, 15) is 4.79 Å². The second-order valence-corrected chi connectivity index (χ2v) is 4.95. The molecule has 0 atom stereocenters. The molecule has 0 aliphatic carbocycles. The van der Waals surface area contributed by atoms with Crippen LogP contribution in [0.15, 0.2) is 30.3 Å². The Balaban J connectivity index is 2.49. The Hall–Kier alpha value is -1.81. The monoisotopic (exact) mass is 261 g/mol. The summed E-state index contributed by atoms with van der Waals surface area (Å²) in [6.07, 6.45) is 0.946. The van der Waals surface area contributed by atoms with Crippen molar-refractivity contribution in [1.29, 1.82) is 0 Å². The number of nitrogen functional groups attached to an aromatic ring is 1. The van der Waals surface area contributed by atoms with Gasteiger partial charge in [0, 0.05) is 4.88 Å². The van der Waals surface area contributed by atoms with Crippen LogP contribution in [0.5, 0.6) is 0 Å². The molecule has 2 rings (SSSR count). The van der Waals surface area contributed by atoms with Gasteiger partial charge < -0.3 is 10.5 Å². The van der Waals surface area contributed by atoms with Crippen LogP contribution in [-0.4, -0.2) is 13.1 Å². The number of nitrogens with two attached hydrogens (primary N) is 1. The minimum absolute atomic E-state index is 0.377. The molecule has 3 nitrogen and oxygen atoms in total. The molecule has 4 heteroatoms. The molecule has 0 fully saturated rings. The zero-order chi connectivity index (χ0) is 13.1. The van der Waals surface area contributed by atoms with Gasteiger partial charge in [-0.15, -0.1) is 11.3 Å². The topological polar surface area (TPSA) is 52.3 Å². The number of rotatable bonds is 3. The van der Waals surface area contributed by atoms with Gasteiger partial charge in [0.05, 0.1) is 12.8 Å². The van der Waals surface area contributed by atoms with Gasteiger partial charge in [-0.2, -0.15) is 0 Å². The molecule has 0 aliphatic rings. The number of anilines is 1. The van der Waals surface area contributed by atoms with E-state index in [-0.39, 0.29) is 5.97 Å². The Morgan fingerprint density at radius 1 is 1.39 bits per heavy atom. The van der Waals surface area contributed by atoms with Crippen LogP contribution in [0.1, 0.15) is 22.2 Å². The van der Waals surface area contributed by atoms with Gasteiger partial charge in [0.25, 0.3) is 0 Å². The molecule has 0 radical (unpaired) electrons. The molecule has 0 unspecified atom stereocenters. The first kappa shape index (κ1) is 12.6. The van der Waals surface area contributed by atoms with E-state index in [1.807, 2.05) is 24.3 Å². The number of hydrogen-bond donors (Lipinski definition) is 1. The molecule has 1 aromatic carbocycles. The van der Waals surface area contributed by atoms with Crippen molar-refractivity contribution >= 4 is 23.0 Å². The van der Waals surface area contributed by atoms with Crippen molar-refractivity contribution < 1.29 is 9.53 Å². The van der Waals surface area contributed by atoms with Gasteiger partial charge >= 0.3 is 5.97 Å². The van der Waals surface area contributed by atoms with Gasteiger partial charge in [-0.3, -0.25) is 0 Å². The zero-order valence-corrected chi connectivity index (χ0v) is 11.2. The molecule has 18 heavy (non-hydrogen) atoms. The second-order valence-electron chi connectivity index (χ2n) is 3.90. The molecule has 2 N–H and O–H groups in total. The molecule has 0 saturated carbocycles. The predicted octanol–water partition coefficient (Wildman–Crippen LogP) is 3.35. The van der Waals surface area contributed by atoms with Crippen LogP contribution in [0.2, 0.25) is 0 Å². The highest BCUT2D eigenvalue weighted by Gasteiger charge is 2.16. The lowest BCUT2D eigenvalue weighted by Gasteiger charge is -2.04. The summed E-state index contributed by atoms with van der Waals surface area (Å²) >= 11 is 1.38. The number of benzene rings is 1. The van der Waals surface area contributed by atoms with Gasteiger partial charge in [-0.1, -0.05) is 31.2 Å². The van der Waals surface area contributed by atoms with Gasteiger partial charge in [-0.25, -0.2) is 4.79 Å². The first-order chi connectivity index (χ1) is 8.67. The third-order valence-electron chi connectivity index (χ3n) is 2.80. The van der Waals surface area contributed by atoms with Crippen molar-refractivity contribution in [3.05, 3.63) is 40.8 Å². The highest BCUT2D eigenvalue weighted by atomic mass is 32.1. The lowest BCUT2D eigenvalue weighted by Crippen LogP contribution is -2.00. The summed E-state index contributed by atoms with van der Waals surface area (Å²) in [5.41, 5.74) is 8.71. The third kappa shape index (κ3) is 2.24. The highest BCUT2D eigenvalue weighted by Crippen LogP contribution is 2.35. The Bertz CT molecular complexity index is 575. The van der Waals surface area contributed by atoms with Crippen molar-refractivity contribution in [2.45, 2.75) is 13.3 Å². The van der Waals surface area contributed by atoms with E-state index in [0.717, 1.165) is 16.9 Å². The quantitative estimate of drug-likeness (QED) is 0.862. The molecule has 0 spiro atoms. The van der Waals surface area contributed by atoms with E-state index in [4.69, 9.17) is 10.5 Å². The normalized spacial score (nSPS) is 10.3. The number of ether oxygens (including phenoxy) is 1. The first-order valence-electron chi connectivity index (χ1n) is 5.73. The Morgan fingerprint density at radius 3 is 2.78 bits per heavy atom. The number of carbonyl (C=O) groups is 1. The maximum atomic E-state index is 11.5. The van der Waals surface area contributed by atoms with Crippen LogP contribution in [0, 0.1) is 0 Å². The molecule has 0 amide bonds. The molecule has 1 aromatic heterocycles. The molecular weight excluding hydrogens is 246 g/mol. The summed E-state index contributed by atoms with van der Waals surface area (Å²) in [6.45, 7) is 2.11. The zero-order valence-electron chi connectivity index (χ0n) is 10.4. The van der Waals surface area contributed by atoms with Crippen LogP contribution in [-0.2, 0) is 11.2 Å². The molecule has 0 aliphatic heterocycles. The third-order valence-corrected chi connectivity index (χ3v) is 3.96. The number of thiophene rings is 1. The number of carbonyl (C=O) groups excluding carboxylic acids is 1. The lowest BCUT2D eigenvalue weighted by atomic mass is 10.0. The summed E-state index contributed by atoms with van der Waals surface area (Å²) in [7, 11) is 1.36. The van der Waals surface area contributed by atoms with Crippen molar-refractivity contribution in [2.75, 3.05) is 12.8 Å². The minimum atomic E-state index is -0.377. The minimum Gasteiger partial charge on any atom is -0.465 e. The van der Waals surface area contributed by atoms with E-state index in [0.29, 0.717) is 10.6 Å². The fraction of sp³-hybridized carbons (Fsp3) is 0.214. The number of esters is 1. The van der Waals surface area contributed by atoms with E-state index in [1.54, 1.807) is 0 Å². The van der Waals surface area contributed by atoms with E-state index < -0.39 is 0 Å². The van der Waals surface area contributed by atoms with E-state index in [1.165, 1.54) is 24.0 Å². The van der Waals surface area contributed by atoms with Crippen molar-refractivity contribution in [1.82, 2.24) is 0 Å². The maximum absolute atomic E-state index is 11.5. The average Bonchev–Trinajstić information content (AvgIpc) is 2.79. The molecular formula is C14H15NO2S. The summed E-state index contributed by atoms with van der Waals surface area (Å²) in [4.78, 5) is 13.0. The fourth-order valence-electron chi connectivity index (χ4n) is 1.86. The molecule has 1 heterocycles. The standard InChI is InChI=1S/C14H15NO2S/c1-3-9-6-4-5-7-10(9)12-8-11(15)13(18-12)14(16)17-2/h4-8H,3,15H2,1-2H3. The van der Waals surface area contributed by atoms with Crippen LogP contribution in [0.25, 0.3) is 10.4 Å². The van der Waals surface area contributed by atoms with E-state index in [2.05, 4.69) is 13.0 Å². The van der Waals surface area contributed by atoms with Crippen LogP contribution < -0.4 is 5.73 Å². The first-order valence-corrected chi connectivity index (χ1v) is 6.55. The van der Waals surface area contributed by atoms with Crippen molar-refractivity contribution in [2.24, 2.45) is 0 Å². The summed E-state index contributed by atoms with van der Waals surface area (Å²) in [5, 5.41) is 0. The molecule has 2 aromatic rings.